The molecule has 1 nitrogen and oxygen atoms in total. The molecule has 1 saturated heterocycles. The van der Waals surface area contributed by atoms with Gasteiger partial charge in [-0.15, -0.1) is 5.73 Å². The van der Waals surface area contributed by atoms with Gasteiger partial charge in [0.05, 0.1) is 0 Å². The maximum absolute atomic E-state index is 3.34. The molecule has 1 rings (SSSR count). The molecule has 0 spiro atoms. The van der Waals surface area contributed by atoms with Gasteiger partial charge in [0, 0.05) is 12.6 Å². The van der Waals surface area contributed by atoms with E-state index in [0.29, 0.717) is 6.04 Å². The van der Waals surface area contributed by atoms with Crippen LogP contribution in [0.3, 0.4) is 0 Å². The van der Waals surface area contributed by atoms with Gasteiger partial charge < -0.3 is 0 Å². The second kappa shape index (κ2) is 6.87. The highest BCUT2D eigenvalue weighted by Gasteiger charge is 2.22. The topological polar surface area (TPSA) is 3.24 Å². The molecule has 0 aromatic heterocycles. The lowest BCUT2D eigenvalue weighted by atomic mass is 10.1. The molecule has 0 N–H and O–H groups in total. The standard InChI is InChI=1S/C14H25N/c1-4-5-6-7-9-14-10-8-11-15(14)12-13(2)3/h6,9,13-14H,4-5,8,10-12H2,1-3H3. The Bertz CT molecular complexity index is 223. The van der Waals surface area contributed by atoms with Crippen LogP contribution in [0.4, 0.5) is 0 Å². The largest absolute Gasteiger partial charge is 0.296 e. The molecule has 1 fully saturated rings. The highest BCUT2D eigenvalue weighted by Crippen LogP contribution is 2.19. The van der Waals surface area contributed by atoms with Crippen LogP contribution < -0.4 is 0 Å². The van der Waals surface area contributed by atoms with Crippen LogP contribution >= 0.6 is 0 Å². The number of hydrogen-bond donors (Lipinski definition) is 0. The third-order valence-electron chi connectivity index (χ3n) is 2.85. The molecule has 0 amide bonds. The summed E-state index contributed by atoms with van der Waals surface area (Å²) >= 11 is 0. The molecule has 15 heavy (non-hydrogen) atoms. The molecule has 1 atom stereocenters. The van der Waals surface area contributed by atoms with Gasteiger partial charge in [-0.05, 0) is 43.9 Å². The molecule has 0 bridgehead atoms. The molecule has 0 aromatic rings. The summed E-state index contributed by atoms with van der Waals surface area (Å²) in [4.78, 5) is 2.59. The minimum absolute atomic E-state index is 0.653. The average molecular weight is 207 g/mol. The molecule has 86 valence electrons. The number of unbranched alkanes of at least 4 members (excludes halogenated alkanes) is 1. The SMILES string of the molecule is CCCC=C=CC1CCCN1CC(C)C. The first-order valence-corrected chi connectivity index (χ1v) is 6.39. The monoisotopic (exact) mass is 207 g/mol. The summed E-state index contributed by atoms with van der Waals surface area (Å²) in [7, 11) is 0. The molecule has 1 aliphatic rings. The van der Waals surface area contributed by atoms with Crippen LogP contribution in [0.15, 0.2) is 17.9 Å². The highest BCUT2D eigenvalue weighted by molar-refractivity contribution is 4.98. The third-order valence-corrected chi connectivity index (χ3v) is 2.85. The van der Waals surface area contributed by atoms with Crippen LogP contribution in [0.25, 0.3) is 0 Å². The summed E-state index contributed by atoms with van der Waals surface area (Å²) in [5.74, 6) is 0.777. The van der Waals surface area contributed by atoms with Crippen molar-refractivity contribution in [2.24, 2.45) is 5.92 Å². The van der Waals surface area contributed by atoms with Gasteiger partial charge in [-0.25, -0.2) is 0 Å². The summed E-state index contributed by atoms with van der Waals surface area (Å²) < 4.78 is 0. The summed E-state index contributed by atoms with van der Waals surface area (Å²) in [6, 6.07) is 0.653. The Labute approximate surface area is 94.9 Å². The lowest BCUT2D eigenvalue weighted by molar-refractivity contribution is 0.257. The second-order valence-corrected chi connectivity index (χ2v) is 4.92. The molecule has 1 heterocycles. The first-order chi connectivity index (χ1) is 7.24. The summed E-state index contributed by atoms with van der Waals surface area (Å²) in [5.41, 5.74) is 3.34. The molecular formula is C14H25N. The Morgan fingerprint density at radius 3 is 2.93 bits per heavy atom. The smallest absolute Gasteiger partial charge is 0.0353 e. The van der Waals surface area contributed by atoms with Gasteiger partial charge in [0.15, 0.2) is 0 Å². The quantitative estimate of drug-likeness (QED) is 0.622. The molecule has 0 aromatic carbocycles. The van der Waals surface area contributed by atoms with E-state index >= 15 is 0 Å². The summed E-state index contributed by atoms with van der Waals surface area (Å²) in [6.07, 6.45) is 9.49. The minimum atomic E-state index is 0.653. The Balaban J connectivity index is 2.42. The summed E-state index contributed by atoms with van der Waals surface area (Å²) in [5, 5.41) is 0. The van der Waals surface area contributed by atoms with E-state index in [9.17, 15) is 0 Å². The van der Waals surface area contributed by atoms with Crippen molar-refractivity contribution in [2.45, 2.75) is 52.5 Å². The van der Waals surface area contributed by atoms with E-state index in [0.717, 1.165) is 12.3 Å². The number of nitrogens with zero attached hydrogens (tertiary/aromatic N) is 1. The van der Waals surface area contributed by atoms with Gasteiger partial charge in [-0.3, -0.25) is 4.90 Å². The normalized spacial score (nSPS) is 21.7. The van der Waals surface area contributed by atoms with Crippen molar-refractivity contribution in [3.63, 3.8) is 0 Å². The van der Waals surface area contributed by atoms with Gasteiger partial charge >= 0.3 is 0 Å². The van der Waals surface area contributed by atoms with Crippen LogP contribution in [0, 0.1) is 5.92 Å². The van der Waals surface area contributed by atoms with E-state index in [1.165, 1.54) is 32.4 Å². The van der Waals surface area contributed by atoms with Crippen LogP contribution in [-0.2, 0) is 0 Å². The fourth-order valence-electron chi connectivity index (χ4n) is 2.14. The molecular weight excluding hydrogens is 182 g/mol. The fourth-order valence-corrected chi connectivity index (χ4v) is 2.14. The van der Waals surface area contributed by atoms with Crippen molar-refractivity contribution >= 4 is 0 Å². The molecule has 1 aliphatic heterocycles. The zero-order valence-electron chi connectivity index (χ0n) is 10.5. The predicted molar refractivity (Wildman–Crippen MR) is 67.0 cm³/mol. The number of likely N-dealkylation sites (tertiary alicyclic amines) is 1. The highest BCUT2D eigenvalue weighted by atomic mass is 15.2. The first kappa shape index (κ1) is 12.5. The van der Waals surface area contributed by atoms with E-state index in [1.807, 2.05) is 0 Å². The van der Waals surface area contributed by atoms with E-state index in [4.69, 9.17) is 0 Å². The van der Waals surface area contributed by atoms with Crippen LogP contribution in [-0.4, -0.2) is 24.0 Å². The van der Waals surface area contributed by atoms with E-state index in [2.05, 4.69) is 43.6 Å². The maximum atomic E-state index is 3.34. The Morgan fingerprint density at radius 1 is 1.47 bits per heavy atom. The Hall–Kier alpha value is -0.520. The molecule has 0 saturated carbocycles. The van der Waals surface area contributed by atoms with Crippen LogP contribution in [0.1, 0.15) is 46.5 Å². The zero-order valence-corrected chi connectivity index (χ0v) is 10.5. The van der Waals surface area contributed by atoms with Crippen LogP contribution in [0.2, 0.25) is 0 Å². The van der Waals surface area contributed by atoms with E-state index in [1.54, 1.807) is 0 Å². The fraction of sp³-hybridized carbons (Fsp3) is 0.786. The number of rotatable bonds is 5. The van der Waals surface area contributed by atoms with Gasteiger partial charge in [-0.1, -0.05) is 27.2 Å². The first-order valence-electron chi connectivity index (χ1n) is 6.39. The molecule has 0 radical (unpaired) electrons. The maximum Gasteiger partial charge on any atom is 0.0353 e. The molecule has 1 unspecified atom stereocenters. The van der Waals surface area contributed by atoms with Crippen molar-refractivity contribution < 1.29 is 0 Å². The lowest BCUT2D eigenvalue weighted by Gasteiger charge is -2.23. The van der Waals surface area contributed by atoms with Crippen molar-refractivity contribution in [1.82, 2.24) is 4.90 Å². The second-order valence-electron chi connectivity index (χ2n) is 4.92. The van der Waals surface area contributed by atoms with Crippen molar-refractivity contribution in [3.05, 3.63) is 17.9 Å². The Morgan fingerprint density at radius 2 is 2.27 bits per heavy atom. The number of hydrogen-bond acceptors (Lipinski definition) is 1. The van der Waals surface area contributed by atoms with Crippen LogP contribution in [0.5, 0.6) is 0 Å². The molecule has 0 aliphatic carbocycles. The lowest BCUT2D eigenvalue weighted by Crippen LogP contribution is -2.31. The van der Waals surface area contributed by atoms with Crippen molar-refractivity contribution in [3.8, 4) is 0 Å². The summed E-state index contributed by atoms with van der Waals surface area (Å²) in [6.45, 7) is 9.31. The Kier molecular flexibility index (Phi) is 5.75. The molecule has 1 heteroatoms. The van der Waals surface area contributed by atoms with Gasteiger partial charge in [0.2, 0.25) is 0 Å². The third kappa shape index (κ3) is 4.68. The van der Waals surface area contributed by atoms with Crippen molar-refractivity contribution in [1.29, 1.82) is 0 Å². The van der Waals surface area contributed by atoms with E-state index in [-0.39, 0.29) is 0 Å². The van der Waals surface area contributed by atoms with Gasteiger partial charge in [-0.2, -0.15) is 0 Å². The average Bonchev–Trinajstić information content (AvgIpc) is 2.59. The van der Waals surface area contributed by atoms with Crippen molar-refractivity contribution in [2.75, 3.05) is 13.1 Å². The van der Waals surface area contributed by atoms with E-state index < -0.39 is 0 Å². The minimum Gasteiger partial charge on any atom is -0.296 e. The van der Waals surface area contributed by atoms with Gasteiger partial charge in [0.25, 0.3) is 0 Å². The predicted octanol–water partition coefficient (Wildman–Crippen LogP) is 3.62. The van der Waals surface area contributed by atoms with Gasteiger partial charge in [0.1, 0.15) is 0 Å². The zero-order chi connectivity index (χ0) is 11.1.